The van der Waals surface area contributed by atoms with Gasteiger partial charge in [-0.2, -0.15) is 5.26 Å². The van der Waals surface area contributed by atoms with Gasteiger partial charge in [-0.25, -0.2) is 0 Å². The highest BCUT2D eigenvalue weighted by atomic mass is 35.5. The van der Waals surface area contributed by atoms with Crippen LogP contribution in [-0.4, -0.2) is 4.98 Å². The molecule has 0 amide bonds. The molecular weight excluding hydrogens is 174 g/mol. The van der Waals surface area contributed by atoms with Crippen LogP contribution in [0.25, 0.3) is 0 Å². The smallest absolute Gasteiger partial charge is 0.128 e. The predicted molar refractivity (Wildman–Crippen MR) is 46.4 cm³/mol. The minimum Gasteiger partial charge on any atom is -0.310 e. The molecule has 62 valence electrons. The predicted octanol–water partition coefficient (Wildman–Crippen LogP) is 1.43. The molecule has 0 aliphatic rings. The number of nitrogens with zero attached hydrogens (tertiary/aromatic N) is 2. The zero-order valence-electron chi connectivity index (χ0n) is 6.58. The van der Waals surface area contributed by atoms with Gasteiger partial charge in [0.05, 0.1) is 11.1 Å². The van der Waals surface area contributed by atoms with Crippen LogP contribution in [-0.2, 0) is 5.54 Å². The maximum absolute atomic E-state index is 8.69. The SMILES string of the molecule is CC(N)(C#N)c1cncc(Cl)c1. The summed E-state index contributed by atoms with van der Waals surface area (Å²) in [5.74, 6) is 0. The first-order valence-electron chi connectivity index (χ1n) is 3.37. The van der Waals surface area contributed by atoms with E-state index in [0.29, 0.717) is 10.6 Å². The molecule has 0 aliphatic heterocycles. The lowest BCUT2D eigenvalue weighted by molar-refractivity contribution is 0.643. The van der Waals surface area contributed by atoms with Crippen molar-refractivity contribution >= 4 is 11.6 Å². The van der Waals surface area contributed by atoms with Crippen LogP contribution in [0.15, 0.2) is 18.5 Å². The molecule has 0 radical (unpaired) electrons. The summed E-state index contributed by atoms with van der Waals surface area (Å²) in [5.41, 5.74) is 5.25. The third-order valence-electron chi connectivity index (χ3n) is 1.54. The molecule has 0 saturated carbocycles. The molecule has 2 N–H and O–H groups in total. The number of halogens is 1. The summed E-state index contributed by atoms with van der Waals surface area (Å²) in [6, 6.07) is 3.60. The van der Waals surface area contributed by atoms with Crippen LogP contribution in [0, 0.1) is 11.3 Å². The quantitative estimate of drug-likeness (QED) is 0.713. The molecule has 0 fully saturated rings. The average molecular weight is 182 g/mol. The molecule has 1 unspecified atom stereocenters. The third kappa shape index (κ3) is 1.73. The Morgan fingerprint density at radius 1 is 1.67 bits per heavy atom. The Kier molecular flexibility index (Phi) is 2.32. The van der Waals surface area contributed by atoms with Crippen LogP contribution < -0.4 is 5.73 Å². The van der Waals surface area contributed by atoms with Gasteiger partial charge in [0.1, 0.15) is 5.54 Å². The summed E-state index contributed by atoms with van der Waals surface area (Å²) in [6.07, 6.45) is 3.04. The first-order chi connectivity index (χ1) is 5.56. The highest BCUT2D eigenvalue weighted by Gasteiger charge is 2.20. The van der Waals surface area contributed by atoms with Gasteiger partial charge in [-0.15, -0.1) is 0 Å². The van der Waals surface area contributed by atoms with Gasteiger partial charge in [-0.1, -0.05) is 11.6 Å². The monoisotopic (exact) mass is 181 g/mol. The number of rotatable bonds is 1. The van der Waals surface area contributed by atoms with Crippen molar-refractivity contribution in [3.63, 3.8) is 0 Å². The second-order valence-electron chi connectivity index (χ2n) is 2.71. The number of nitriles is 1. The first kappa shape index (κ1) is 8.98. The van der Waals surface area contributed by atoms with Gasteiger partial charge in [0.2, 0.25) is 0 Å². The minimum absolute atomic E-state index is 0.486. The van der Waals surface area contributed by atoms with E-state index in [2.05, 4.69) is 4.98 Å². The second-order valence-corrected chi connectivity index (χ2v) is 3.14. The van der Waals surface area contributed by atoms with E-state index in [9.17, 15) is 0 Å². The second kappa shape index (κ2) is 3.10. The van der Waals surface area contributed by atoms with E-state index in [1.54, 1.807) is 13.0 Å². The van der Waals surface area contributed by atoms with Gasteiger partial charge >= 0.3 is 0 Å². The highest BCUT2D eigenvalue weighted by Crippen LogP contribution is 2.18. The number of nitrogens with two attached hydrogens (primary N) is 1. The number of aromatic nitrogens is 1. The van der Waals surface area contributed by atoms with E-state index in [-0.39, 0.29) is 0 Å². The van der Waals surface area contributed by atoms with Crippen LogP contribution in [0.5, 0.6) is 0 Å². The average Bonchev–Trinajstić information content (AvgIpc) is 2.05. The zero-order chi connectivity index (χ0) is 9.19. The maximum atomic E-state index is 8.69. The Morgan fingerprint density at radius 2 is 2.33 bits per heavy atom. The van der Waals surface area contributed by atoms with Gasteiger partial charge in [0, 0.05) is 18.0 Å². The zero-order valence-corrected chi connectivity index (χ0v) is 7.34. The Labute approximate surface area is 75.8 Å². The van der Waals surface area contributed by atoms with Crippen molar-refractivity contribution in [3.8, 4) is 6.07 Å². The van der Waals surface area contributed by atoms with Crippen LogP contribution in [0.2, 0.25) is 5.02 Å². The van der Waals surface area contributed by atoms with E-state index >= 15 is 0 Å². The molecule has 1 aromatic heterocycles. The number of hydrogen-bond acceptors (Lipinski definition) is 3. The lowest BCUT2D eigenvalue weighted by atomic mass is 9.97. The van der Waals surface area contributed by atoms with Crippen LogP contribution in [0.3, 0.4) is 0 Å². The van der Waals surface area contributed by atoms with Gasteiger partial charge in [-0.05, 0) is 13.0 Å². The van der Waals surface area contributed by atoms with Crippen molar-refractivity contribution in [2.75, 3.05) is 0 Å². The minimum atomic E-state index is -1.02. The first-order valence-corrected chi connectivity index (χ1v) is 3.75. The van der Waals surface area contributed by atoms with Crippen molar-refractivity contribution in [1.29, 1.82) is 5.26 Å². The molecule has 4 heteroatoms. The summed E-state index contributed by atoms with van der Waals surface area (Å²) in [4.78, 5) is 3.84. The normalized spacial score (nSPS) is 14.8. The van der Waals surface area contributed by atoms with Crippen molar-refractivity contribution in [2.24, 2.45) is 5.73 Å². The molecule has 3 nitrogen and oxygen atoms in total. The Hall–Kier alpha value is -1.11. The molecule has 1 aromatic rings. The largest absolute Gasteiger partial charge is 0.310 e. The molecule has 1 atom stereocenters. The molecular formula is C8H8ClN3. The lowest BCUT2D eigenvalue weighted by Crippen LogP contribution is -2.30. The number of pyridine rings is 1. The van der Waals surface area contributed by atoms with Crippen molar-refractivity contribution < 1.29 is 0 Å². The molecule has 0 spiro atoms. The maximum Gasteiger partial charge on any atom is 0.128 e. The third-order valence-corrected chi connectivity index (χ3v) is 1.74. The summed E-state index contributed by atoms with van der Waals surface area (Å²) < 4.78 is 0. The Morgan fingerprint density at radius 3 is 2.83 bits per heavy atom. The topological polar surface area (TPSA) is 62.7 Å². The highest BCUT2D eigenvalue weighted by molar-refractivity contribution is 6.30. The number of hydrogen-bond donors (Lipinski definition) is 1. The molecule has 1 rings (SSSR count). The standard InChI is InChI=1S/C8H8ClN3/c1-8(11,5-10)6-2-7(9)4-12-3-6/h2-4H,11H2,1H3. The molecule has 0 saturated heterocycles. The van der Waals surface area contributed by atoms with Crippen molar-refractivity contribution in [1.82, 2.24) is 4.98 Å². The van der Waals surface area contributed by atoms with E-state index in [0.717, 1.165) is 0 Å². The van der Waals surface area contributed by atoms with Gasteiger partial charge in [0.25, 0.3) is 0 Å². The fourth-order valence-corrected chi connectivity index (χ4v) is 0.934. The Bertz CT molecular complexity index is 327. The summed E-state index contributed by atoms with van der Waals surface area (Å²) >= 11 is 5.68. The van der Waals surface area contributed by atoms with E-state index in [1.165, 1.54) is 12.4 Å². The summed E-state index contributed by atoms with van der Waals surface area (Å²) in [5, 5.41) is 9.18. The molecule has 1 heterocycles. The van der Waals surface area contributed by atoms with Gasteiger partial charge in [0.15, 0.2) is 0 Å². The van der Waals surface area contributed by atoms with E-state index < -0.39 is 5.54 Å². The van der Waals surface area contributed by atoms with E-state index in [4.69, 9.17) is 22.6 Å². The lowest BCUT2D eigenvalue weighted by Gasteiger charge is -2.14. The fraction of sp³-hybridized carbons (Fsp3) is 0.250. The van der Waals surface area contributed by atoms with Crippen LogP contribution >= 0.6 is 11.6 Å². The van der Waals surface area contributed by atoms with Crippen LogP contribution in [0.1, 0.15) is 12.5 Å². The van der Waals surface area contributed by atoms with Gasteiger partial charge in [-0.3, -0.25) is 4.98 Å². The summed E-state index contributed by atoms with van der Waals surface area (Å²) in [6.45, 7) is 1.61. The molecule has 0 aromatic carbocycles. The molecule has 12 heavy (non-hydrogen) atoms. The van der Waals surface area contributed by atoms with E-state index in [1.807, 2.05) is 6.07 Å². The Balaban J connectivity index is 3.14. The summed E-state index contributed by atoms with van der Waals surface area (Å²) in [7, 11) is 0. The molecule has 0 aliphatic carbocycles. The van der Waals surface area contributed by atoms with Crippen molar-refractivity contribution in [2.45, 2.75) is 12.5 Å². The van der Waals surface area contributed by atoms with Gasteiger partial charge < -0.3 is 5.73 Å². The van der Waals surface area contributed by atoms with Crippen LogP contribution in [0.4, 0.5) is 0 Å². The fourth-order valence-electron chi connectivity index (χ4n) is 0.760. The van der Waals surface area contributed by atoms with Crippen molar-refractivity contribution in [3.05, 3.63) is 29.0 Å². The molecule has 0 bridgehead atoms.